The third-order valence-electron chi connectivity index (χ3n) is 1.81. The van der Waals surface area contributed by atoms with E-state index < -0.39 is 10.0 Å². The summed E-state index contributed by atoms with van der Waals surface area (Å²) in [5.41, 5.74) is 0. The highest BCUT2D eigenvalue weighted by atomic mass is 79.9. The van der Waals surface area contributed by atoms with Crippen LogP contribution in [0.15, 0.2) is 21.5 Å². The zero-order valence-electron chi connectivity index (χ0n) is 8.43. The molecule has 0 aliphatic heterocycles. The molecule has 1 N–H and O–H groups in total. The molecular weight excluding hydrogens is 337 g/mol. The quantitative estimate of drug-likeness (QED) is 0.849. The van der Waals surface area contributed by atoms with Gasteiger partial charge in [-0.05, 0) is 34.5 Å². The van der Waals surface area contributed by atoms with Crippen LogP contribution >= 0.6 is 39.1 Å². The maximum absolute atomic E-state index is 11.8. The van der Waals surface area contributed by atoms with Crippen molar-refractivity contribution in [2.75, 3.05) is 6.54 Å². The summed E-state index contributed by atoms with van der Waals surface area (Å²) in [5, 5.41) is 0.518. The summed E-state index contributed by atoms with van der Waals surface area (Å²) in [6.07, 6.45) is 0.720. The molecule has 0 spiro atoms. The van der Waals surface area contributed by atoms with Crippen LogP contribution in [-0.2, 0) is 10.0 Å². The van der Waals surface area contributed by atoms with Gasteiger partial charge in [0.2, 0.25) is 10.0 Å². The van der Waals surface area contributed by atoms with Crippen molar-refractivity contribution in [1.29, 1.82) is 0 Å². The third kappa shape index (κ3) is 3.34. The van der Waals surface area contributed by atoms with Crippen molar-refractivity contribution in [3.63, 3.8) is 0 Å². The van der Waals surface area contributed by atoms with Gasteiger partial charge in [-0.1, -0.05) is 30.1 Å². The minimum Gasteiger partial charge on any atom is -0.211 e. The smallest absolute Gasteiger partial charge is 0.211 e. The van der Waals surface area contributed by atoms with Gasteiger partial charge in [-0.25, -0.2) is 13.1 Å². The molecule has 0 saturated heterocycles. The van der Waals surface area contributed by atoms with Crippen LogP contribution < -0.4 is 4.72 Å². The molecule has 0 unspecified atom stereocenters. The summed E-state index contributed by atoms with van der Waals surface area (Å²) < 4.78 is 26.5. The maximum Gasteiger partial charge on any atom is 0.241 e. The number of halogens is 3. The fourth-order valence-electron chi connectivity index (χ4n) is 1.02. The van der Waals surface area contributed by atoms with E-state index in [4.69, 9.17) is 23.2 Å². The van der Waals surface area contributed by atoms with Crippen LogP contribution in [0.5, 0.6) is 0 Å². The maximum atomic E-state index is 11.8. The molecule has 16 heavy (non-hydrogen) atoms. The second-order valence-electron chi connectivity index (χ2n) is 3.09. The topological polar surface area (TPSA) is 46.2 Å². The van der Waals surface area contributed by atoms with Crippen molar-refractivity contribution in [3.8, 4) is 0 Å². The van der Waals surface area contributed by atoms with Gasteiger partial charge in [0.1, 0.15) is 0 Å². The van der Waals surface area contributed by atoms with Crippen molar-refractivity contribution in [2.45, 2.75) is 18.2 Å². The van der Waals surface area contributed by atoms with Crippen LogP contribution in [0.2, 0.25) is 10.0 Å². The number of hydrogen-bond donors (Lipinski definition) is 1. The Balaban J connectivity index is 3.18. The van der Waals surface area contributed by atoms with E-state index in [2.05, 4.69) is 20.7 Å². The molecule has 0 amide bonds. The van der Waals surface area contributed by atoms with E-state index in [1.54, 1.807) is 0 Å². The molecule has 0 heterocycles. The summed E-state index contributed by atoms with van der Waals surface area (Å²) in [5.74, 6) is 0. The van der Waals surface area contributed by atoms with E-state index in [0.29, 0.717) is 16.0 Å². The van der Waals surface area contributed by atoms with Gasteiger partial charge < -0.3 is 0 Å². The zero-order chi connectivity index (χ0) is 12.3. The molecule has 1 aromatic rings. The first-order valence-electron chi connectivity index (χ1n) is 4.52. The highest BCUT2D eigenvalue weighted by Crippen LogP contribution is 2.31. The van der Waals surface area contributed by atoms with E-state index in [-0.39, 0.29) is 9.92 Å². The molecule has 0 fully saturated rings. The predicted molar refractivity (Wildman–Crippen MR) is 69.6 cm³/mol. The van der Waals surface area contributed by atoms with E-state index >= 15 is 0 Å². The average Bonchev–Trinajstić information content (AvgIpc) is 2.20. The molecule has 0 radical (unpaired) electrons. The Morgan fingerprint density at radius 2 is 1.88 bits per heavy atom. The van der Waals surface area contributed by atoms with Crippen molar-refractivity contribution in [1.82, 2.24) is 4.72 Å². The lowest BCUT2D eigenvalue weighted by atomic mass is 10.4. The fourth-order valence-corrected chi connectivity index (χ4v) is 3.75. The first-order chi connectivity index (χ1) is 7.38. The fraction of sp³-hybridized carbons (Fsp3) is 0.333. The minimum absolute atomic E-state index is 0.0929. The molecule has 0 atom stereocenters. The normalized spacial score (nSPS) is 11.8. The molecule has 1 rings (SSSR count). The molecule has 0 aromatic heterocycles. The summed E-state index contributed by atoms with van der Waals surface area (Å²) in [7, 11) is -3.53. The van der Waals surface area contributed by atoms with Crippen LogP contribution in [0.1, 0.15) is 13.3 Å². The highest BCUT2D eigenvalue weighted by Gasteiger charge is 2.18. The van der Waals surface area contributed by atoms with Crippen LogP contribution in [-0.4, -0.2) is 15.0 Å². The number of nitrogens with one attached hydrogen (secondary N) is 1. The Labute approximate surface area is 113 Å². The second-order valence-corrected chi connectivity index (χ2v) is 6.50. The van der Waals surface area contributed by atoms with Crippen molar-refractivity contribution in [3.05, 3.63) is 26.7 Å². The van der Waals surface area contributed by atoms with Gasteiger partial charge in [0, 0.05) is 11.0 Å². The van der Waals surface area contributed by atoms with Gasteiger partial charge in [-0.2, -0.15) is 0 Å². The number of benzene rings is 1. The van der Waals surface area contributed by atoms with E-state index in [1.165, 1.54) is 12.1 Å². The standard InChI is InChI=1S/C9H10BrCl2NO2S/c1-2-3-13-16(14,15)9-5-8(12)7(11)4-6(9)10/h4-5,13H,2-3H2,1H3. The van der Waals surface area contributed by atoms with Crippen molar-refractivity contribution in [2.24, 2.45) is 0 Å². The molecule has 1 aromatic carbocycles. The summed E-state index contributed by atoms with van der Waals surface area (Å²) in [6.45, 7) is 2.27. The molecule has 7 heteroatoms. The van der Waals surface area contributed by atoms with Crippen LogP contribution in [0.4, 0.5) is 0 Å². The van der Waals surface area contributed by atoms with Gasteiger partial charge in [-0.3, -0.25) is 0 Å². The lowest BCUT2D eigenvalue weighted by Crippen LogP contribution is -2.24. The largest absolute Gasteiger partial charge is 0.241 e. The first-order valence-corrected chi connectivity index (χ1v) is 7.56. The Bertz CT molecular complexity index is 491. The predicted octanol–water partition coefficient (Wildman–Crippen LogP) is 3.44. The van der Waals surface area contributed by atoms with E-state index in [1.807, 2.05) is 6.92 Å². The Morgan fingerprint density at radius 3 is 2.44 bits per heavy atom. The molecule has 90 valence electrons. The lowest BCUT2D eigenvalue weighted by molar-refractivity contribution is 0.580. The van der Waals surface area contributed by atoms with Gasteiger partial charge in [0.25, 0.3) is 0 Å². The molecule has 3 nitrogen and oxygen atoms in total. The van der Waals surface area contributed by atoms with Gasteiger partial charge >= 0.3 is 0 Å². The van der Waals surface area contributed by atoms with Crippen LogP contribution in [0.3, 0.4) is 0 Å². The van der Waals surface area contributed by atoms with E-state index in [9.17, 15) is 8.42 Å². The zero-order valence-corrected chi connectivity index (χ0v) is 12.3. The summed E-state index contributed by atoms with van der Waals surface area (Å²) in [6, 6.07) is 2.79. The Hall–Kier alpha value is 0.190. The number of sulfonamides is 1. The van der Waals surface area contributed by atoms with Crippen molar-refractivity contribution < 1.29 is 8.42 Å². The average molecular weight is 347 g/mol. The number of rotatable bonds is 4. The Morgan fingerprint density at radius 1 is 1.31 bits per heavy atom. The van der Waals surface area contributed by atoms with Gasteiger partial charge in [0.15, 0.2) is 0 Å². The molecule has 0 bridgehead atoms. The van der Waals surface area contributed by atoms with Crippen LogP contribution in [0, 0.1) is 0 Å². The van der Waals surface area contributed by atoms with Gasteiger partial charge in [-0.15, -0.1) is 0 Å². The molecular formula is C9H10BrCl2NO2S. The first kappa shape index (κ1) is 14.3. The molecule has 0 aliphatic rings. The summed E-state index contributed by atoms with van der Waals surface area (Å²) >= 11 is 14.7. The summed E-state index contributed by atoms with van der Waals surface area (Å²) in [4.78, 5) is 0.0929. The Kier molecular flexibility index (Phi) is 5.07. The SMILES string of the molecule is CCCNS(=O)(=O)c1cc(Cl)c(Cl)cc1Br. The molecule has 0 aliphatic carbocycles. The van der Waals surface area contributed by atoms with Gasteiger partial charge in [0.05, 0.1) is 14.9 Å². The second kappa shape index (κ2) is 5.69. The van der Waals surface area contributed by atoms with Crippen LogP contribution in [0.25, 0.3) is 0 Å². The van der Waals surface area contributed by atoms with Crippen molar-refractivity contribution >= 4 is 49.2 Å². The lowest BCUT2D eigenvalue weighted by Gasteiger charge is -2.08. The monoisotopic (exact) mass is 345 g/mol. The minimum atomic E-state index is -3.53. The van der Waals surface area contributed by atoms with E-state index in [0.717, 1.165) is 6.42 Å². The highest BCUT2D eigenvalue weighted by molar-refractivity contribution is 9.10. The number of hydrogen-bond acceptors (Lipinski definition) is 2. The molecule has 0 saturated carbocycles. The third-order valence-corrected chi connectivity index (χ3v) is 4.95.